The minimum Gasteiger partial charge on any atom is -0.360 e. The standard InChI is InChI=1S/C19H15N5OS3/c1-24(2)19-23-17-15(28-19)7-14(27-17)16(25)22-18-21-13(9-26-18)11-8-20-12-6-4-3-5-10(11)12/h3-9,20H,1-2H3,(H,21,22,25). The van der Waals surface area contributed by atoms with Gasteiger partial charge in [-0.1, -0.05) is 29.5 Å². The van der Waals surface area contributed by atoms with Crippen LogP contribution in [0.2, 0.25) is 0 Å². The van der Waals surface area contributed by atoms with Gasteiger partial charge >= 0.3 is 0 Å². The molecule has 140 valence electrons. The van der Waals surface area contributed by atoms with Crippen LogP contribution in [-0.4, -0.2) is 35.0 Å². The van der Waals surface area contributed by atoms with Gasteiger partial charge in [0.25, 0.3) is 5.91 Å². The van der Waals surface area contributed by atoms with Crippen LogP contribution in [-0.2, 0) is 0 Å². The number of aromatic nitrogens is 3. The zero-order valence-electron chi connectivity index (χ0n) is 15.0. The number of carbonyl (C=O) groups is 1. The Labute approximate surface area is 172 Å². The Morgan fingerprint density at radius 1 is 1.18 bits per heavy atom. The molecule has 0 fully saturated rings. The summed E-state index contributed by atoms with van der Waals surface area (Å²) >= 11 is 4.41. The highest BCUT2D eigenvalue weighted by atomic mass is 32.1. The summed E-state index contributed by atoms with van der Waals surface area (Å²) in [5, 5.41) is 7.52. The number of hydrogen-bond donors (Lipinski definition) is 2. The first kappa shape index (κ1) is 17.4. The highest BCUT2D eigenvalue weighted by molar-refractivity contribution is 7.29. The summed E-state index contributed by atoms with van der Waals surface area (Å²) in [4.78, 5) is 28.5. The monoisotopic (exact) mass is 425 g/mol. The van der Waals surface area contributed by atoms with Crippen LogP contribution in [0.3, 0.4) is 0 Å². The van der Waals surface area contributed by atoms with Crippen molar-refractivity contribution in [3.63, 3.8) is 0 Å². The number of nitrogens with zero attached hydrogens (tertiary/aromatic N) is 3. The lowest BCUT2D eigenvalue weighted by atomic mass is 10.1. The maximum absolute atomic E-state index is 12.6. The van der Waals surface area contributed by atoms with E-state index in [2.05, 4.69) is 26.3 Å². The van der Waals surface area contributed by atoms with E-state index in [-0.39, 0.29) is 5.91 Å². The molecule has 9 heteroatoms. The van der Waals surface area contributed by atoms with Crippen molar-refractivity contribution >= 4 is 70.6 Å². The molecule has 0 saturated heterocycles. The van der Waals surface area contributed by atoms with Crippen LogP contribution < -0.4 is 10.2 Å². The van der Waals surface area contributed by atoms with Gasteiger partial charge < -0.3 is 9.88 Å². The van der Waals surface area contributed by atoms with Crippen LogP contribution in [0.15, 0.2) is 41.9 Å². The second kappa shape index (κ2) is 6.69. The van der Waals surface area contributed by atoms with Gasteiger partial charge in [-0.2, -0.15) is 0 Å². The van der Waals surface area contributed by atoms with Gasteiger partial charge in [-0.25, -0.2) is 9.97 Å². The van der Waals surface area contributed by atoms with Crippen molar-refractivity contribution in [2.24, 2.45) is 0 Å². The van der Waals surface area contributed by atoms with Crippen molar-refractivity contribution in [2.45, 2.75) is 0 Å². The van der Waals surface area contributed by atoms with E-state index in [1.54, 1.807) is 11.3 Å². The summed E-state index contributed by atoms with van der Waals surface area (Å²) in [6, 6.07) is 10.00. The second-order valence-electron chi connectivity index (χ2n) is 6.41. The molecule has 4 heterocycles. The molecule has 0 radical (unpaired) electrons. The first-order chi connectivity index (χ1) is 13.6. The molecule has 0 atom stereocenters. The third-order valence-electron chi connectivity index (χ3n) is 4.27. The average molecular weight is 426 g/mol. The van der Waals surface area contributed by atoms with E-state index in [9.17, 15) is 4.79 Å². The highest BCUT2D eigenvalue weighted by Crippen LogP contribution is 2.35. The molecular weight excluding hydrogens is 410 g/mol. The van der Waals surface area contributed by atoms with Gasteiger partial charge in [0.15, 0.2) is 10.3 Å². The number of fused-ring (bicyclic) bond motifs is 2. The van der Waals surface area contributed by atoms with Crippen molar-refractivity contribution < 1.29 is 4.79 Å². The van der Waals surface area contributed by atoms with Crippen molar-refractivity contribution in [3.8, 4) is 11.3 Å². The molecule has 0 aliphatic heterocycles. The van der Waals surface area contributed by atoms with E-state index in [1.165, 1.54) is 22.7 Å². The third-order valence-corrected chi connectivity index (χ3v) is 7.36. The Balaban J connectivity index is 1.38. The van der Waals surface area contributed by atoms with E-state index in [0.717, 1.165) is 36.8 Å². The molecule has 28 heavy (non-hydrogen) atoms. The summed E-state index contributed by atoms with van der Waals surface area (Å²) in [5.41, 5.74) is 2.95. The van der Waals surface area contributed by atoms with Crippen LogP contribution in [0.25, 0.3) is 31.7 Å². The smallest absolute Gasteiger partial charge is 0.267 e. The first-order valence-corrected chi connectivity index (χ1v) is 11.0. The van der Waals surface area contributed by atoms with E-state index < -0.39 is 0 Å². The molecular formula is C19H15N5OS3. The van der Waals surface area contributed by atoms with Gasteiger partial charge in [-0.3, -0.25) is 10.1 Å². The topological polar surface area (TPSA) is 73.9 Å². The van der Waals surface area contributed by atoms with Gasteiger partial charge in [0.2, 0.25) is 0 Å². The number of nitrogens with one attached hydrogen (secondary N) is 2. The zero-order valence-corrected chi connectivity index (χ0v) is 17.5. The maximum Gasteiger partial charge on any atom is 0.267 e. The number of hydrogen-bond acceptors (Lipinski definition) is 7. The fourth-order valence-electron chi connectivity index (χ4n) is 2.92. The Bertz CT molecular complexity index is 1280. The number of amides is 1. The number of anilines is 2. The number of para-hydroxylation sites is 1. The molecule has 0 unspecified atom stereocenters. The van der Waals surface area contributed by atoms with Crippen LogP contribution >= 0.6 is 34.0 Å². The minimum absolute atomic E-state index is 0.151. The molecule has 5 rings (SSSR count). The largest absolute Gasteiger partial charge is 0.360 e. The van der Waals surface area contributed by atoms with Gasteiger partial charge in [0, 0.05) is 42.1 Å². The summed E-state index contributed by atoms with van der Waals surface area (Å²) in [6.07, 6.45) is 1.95. The molecule has 0 saturated carbocycles. The maximum atomic E-state index is 12.6. The van der Waals surface area contributed by atoms with Crippen LogP contribution in [0, 0.1) is 0 Å². The number of H-pyrrole nitrogens is 1. The van der Waals surface area contributed by atoms with Gasteiger partial charge in [0.05, 0.1) is 15.3 Å². The molecule has 2 N–H and O–H groups in total. The first-order valence-electron chi connectivity index (χ1n) is 8.49. The quantitative estimate of drug-likeness (QED) is 0.411. The van der Waals surface area contributed by atoms with E-state index in [1.807, 2.05) is 54.8 Å². The predicted molar refractivity (Wildman–Crippen MR) is 119 cm³/mol. The molecule has 0 aliphatic rings. The zero-order chi connectivity index (χ0) is 19.3. The lowest BCUT2D eigenvalue weighted by Crippen LogP contribution is -2.09. The van der Waals surface area contributed by atoms with Crippen LogP contribution in [0.1, 0.15) is 9.67 Å². The number of thiophene rings is 1. The van der Waals surface area contributed by atoms with E-state index in [0.29, 0.717) is 10.0 Å². The second-order valence-corrected chi connectivity index (χ2v) is 9.31. The normalized spacial score (nSPS) is 11.4. The van der Waals surface area contributed by atoms with Crippen molar-refractivity contribution in [1.82, 2.24) is 15.0 Å². The SMILES string of the molecule is CN(C)c1nc2sc(C(=O)Nc3nc(-c4c[nH]c5ccccc45)cs3)cc2s1. The fraction of sp³-hybridized carbons (Fsp3) is 0.105. The fourth-order valence-corrected chi connectivity index (χ4v) is 5.66. The third kappa shape index (κ3) is 2.97. The Morgan fingerprint density at radius 2 is 2.04 bits per heavy atom. The van der Waals surface area contributed by atoms with E-state index >= 15 is 0 Å². The van der Waals surface area contributed by atoms with Crippen molar-refractivity contribution in [3.05, 3.63) is 46.8 Å². The number of carbonyl (C=O) groups excluding carboxylic acids is 1. The molecule has 0 aliphatic carbocycles. The summed E-state index contributed by atoms with van der Waals surface area (Å²) < 4.78 is 1.03. The molecule has 6 nitrogen and oxygen atoms in total. The molecule has 5 aromatic rings. The molecule has 0 spiro atoms. The molecule has 0 bridgehead atoms. The van der Waals surface area contributed by atoms with Gasteiger partial charge in [-0.15, -0.1) is 22.7 Å². The predicted octanol–water partition coefficient (Wildman–Crippen LogP) is 5.28. The van der Waals surface area contributed by atoms with Gasteiger partial charge in [0.1, 0.15) is 4.83 Å². The summed E-state index contributed by atoms with van der Waals surface area (Å²) in [7, 11) is 3.92. The number of benzene rings is 1. The average Bonchev–Trinajstić information content (AvgIpc) is 3.43. The lowest BCUT2D eigenvalue weighted by Gasteiger charge is -2.04. The van der Waals surface area contributed by atoms with Crippen LogP contribution in [0.4, 0.5) is 10.3 Å². The van der Waals surface area contributed by atoms with Crippen molar-refractivity contribution in [1.29, 1.82) is 0 Å². The minimum atomic E-state index is -0.151. The number of aromatic amines is 1. The molecule has 1 aromatic carbocycles. The Kier molecular flexibility index (Phi) is 4.15. The van der Waals surface area contributed by atoms with E-state index in [4.69, 9.17) is 0 Å². The van der Waals surface area contributed by atoms with Crippen molar-refractivity contribution in [2.75, 3.05) is 24.3 Å². The summed E-state index contributed by atoms with van der Waals surface area (Å²) in [5.74, 6) is -0.151. The summed E-state index contributed by atoms with van der Waals surface area (Å²) in [6.45, 7) is 0. The Hall–Kier alpha value is -2.75. The Morgan fingerprint density at radius 3 is 2.86 bits per heavy atom. The molecule has 4 aromatic heterocycles. The highest BCUT2D eigenvalue weighted by Gasteiger charge is 2.17. The number of rotatable bonds is 4. The molecule has 1 amide bonds. The van der Waals surface area contributed by atoms with Gasteiger partial charge in [-0.05, 0) is 12.1 Å². The lowest BCUT2D eigenvalue weighted by molar-refractivity contribution is 0.103. The van der Waals surface area contributed by atoms with Crippen LogP contribution in [0.5, 0.6) is 0 Å². The number of thiazole rings is 2.